The maximum Gasteiger partial charge on any atom is 0.158 e. The Morgan fingerprint density at radius 3 is 2.92 bits per heavy atom. The lowest BCUT2D eigenvalue weighted by atomic mass is 10.1. The molecule has 0 aromatic carbocycles. The van der Waals surface area contributed by atoms with Crippen LogP contribution in [0.15, 0.2) is 46.1 Å². The quantitative estimate of drug-likeness (QED) is 0.563. The van der Waals surface area contributed by atoms with Crippen molar-refractivity contribution in [2.75, 3.05) is 0 Å². The Labute approximate surface area is 72.7 Å². The van der Waals surface area contributed by atoms with Gasteiger partial charge in [-0.25, -0.2) is 9.98 Å². The third-order valence-electron chi connectivity index (χ3n) is 1.56. The molecule has 1 aliphatic heterocycles. The van der Waals surface area contributed by atoms with Gasteiger partial charge in [0.15, 0.2) is 5.84 Å². The summed E-state index contributed by atoms with van der Waals surface area (Å²) in [5.41, 5.74) is 2.20. The lowest BCUT2D eigenvalue weighted by molar-refractivity contribution is 1.42. The molecule has 0 atom stereocenters. The van der Waals surface area contributed by atoms with Gasteiger partial charge in [-0.15, -0.1) is 0 Å². The van der Waals surface area contributed by atoms with Gasteiger partial charge in [-0.2, -0.15) is 0 Å². The van der Waals surface area contributed by atoms with E-state index >= 15 is 0 Å². The molecule has 0 aromatic heterocycles. The highest BCUT2D eigenvalue weighted by Gasteiger charge is 2.04. The lowest BCUT2D eigenvalue weighted by Gasteiger charge is -2.06. The van der Waals surface area contributed by atoms with E-state index < -0.39 is 0 Å². The average molecular weight is 160 g/mol. The van der Waals surface area contributed by atoms with Crippen LogP contribution in [0.3, 0.4) is 0 Å². The van der Waals surface area contributed by atoms with Crippen LogP contribution in [-0.4, -0.2) is 12.1 Å². The molecule has 0 bridgehead atoms. The van der Waals surface area contributed by atoms with Gasteiger partial charge < -0.3 is 0 Å². The molecule has 0 saturated carbocycles. The average Bonchev–Trinajstić information content (AvgIpc) is 2.08. The van der Waals surface area contributed by atoms with Gasteiger partial charge in [0.05, 0.1) is 0 Å². The molecule has 0 spiro atoms. The van der Waals surface area contributed by atoms with E-state index in [-0.39, 0.29) is 0 Å². The van der Waals surface area contributed by atoms with E-state index in [0.29, 0.717) is 0 Å². The van der Waals surface area contributed by atoms with Crippen LogP contribution in [0.2, 0.25) is 0 Å². The maximum absolute atomic E-state index is 4.17. The first-order valence-corrected chi connectivity index (χ1v) is 3.85. The molecule has 0 aromatic rings. The number of aliphatic imine (C=N–C) groups is 2. The Morgan fingerprint density at radius 2 is 2.33 bits per heavy atom. The fourth-order valence-electron chi connectivity index (χ4n) is 0.991. The Hall–Kier alpha value is -1.44. The van der Waals surface area contributed by atoms with Crippen molar-refractivity contribution in [3.05, 3.63) is 36.1 Å². The van der Waals surface area contributed by atoms with Gasteiger partial charge in [-0.3, -0.25) is 0 Å². The summed E-state index contributed by atoms with van der Waals surface area (Å²) in [7, 11) is 0. The van der Waals surface area contributed by atoms with Crippen LogP contribution in [0.1, 0.15) is 13.8 Å². The third kappa shape index (κ3) is 1.78. The lowest BCUT2D eigenvalue weighted by Crippen LogP contribution is -2.03. The van der Waals surface area contributed by atoms with Gasteiger partial charge in [-0.05, 0) is 25.5 Å². The van der Waals surface area contributed by atoms with Crippen molar-refractivity contribution < 1.29 is 0 Å². The van der Waals surface area contributed by atoms with E-state index in [2.05, 4.69) is 22.6 Å². The first-order valence-electron chi connectivity index (χ1n) is 3.85. The fraction of sp³-hybridized carbons (Fsp3) is 0.200. The number of allylic oxidation sites excluding steroid dienone is 2. The monoisotopic (exact) mass is 160 g/mol. The first-order chi connectivity index (χ1) is 5.77. The zero-order chi connectivity index (χ0) is 8.97. The SMILES string of the molecule is C=CN=C1N=CC(C)=C/C1=C/C. The third-order valence-corrected chi connectivity index (χ3v) is 1.56. The van der Waals surface area contributed by atoms with Gasteiger partial charge in [-0.1, -0.05) is 12.7 Å². The summed E-state index contributed by atoms with van der Waals surface area (Å²) >= 11 is 0. The van der Waals surface area contributed by atoms with Gasteiger partial charge in [0.25, 0.3) is 0 Å². The maximum atomic E-state index is 4.17. The zero-order valence-electron chi connectivity index (χ0n) is 7.41. The first kappa shape index (κ1) is 8.65. The number of hydrogen-bond acceptors (Lipinski definition) is 1. The van der Waals surface area contributed by atoms with E-state index in [1.165, 1.54) is 6.20 Å². The van der Waals surface area contributed by atoms with Crippen LogP contribution in [0, 0.1) is 0 Å². The summed E-state index contributed by atoms with van der Waals surface area (Å²) in [6.45, 7) is 7.52. The summed E-state index contributed by atoms with van der Waals surface area (Å²) in [5, 5.41) is 0. The molecule has 12 heavy (non-hydrogen) atoms. The molecule has 62 valence electrons. The second kappa shape index (κ2) is 3.81. The normalized spacial score (nSPS) is 23.0. The number of rotatable bonds is 1. The summed E-state index contributed by atoms with van der Waals surface area (Å²) < 4.78 is 0. The van der Waals surface area contributed by atoms with Crippen molar-refractivity contribution in [1.29, 1.82) is 0 Å². The second-order valence-corrected chi connectivity index (χ2v) is 2.53. The minimum Gasteiger partial charge on any atom is -0.237 e. The summed E-state index contributed by atoms with van der Waals surface area (Å²) in [6.07, 6.45) is 7.34. The van der Waals surface area contributed by atoms with Crippen LogP contribution in [0.25, 0.3) is 0 Å². The van der Waals surface area contributed by atoms with E-state index in [4.69, 9.17) is 0 Å². The van der Waals surface area contributed by atoms with Crippen LogP contribution >= 0.6 is 0 Å². The molecule has 2 nitrogen and oxygen atoms in total. The number of dihydropyridines is 1. The van der Waals surface area contributed by atoms with Crippen molar-refractivity contribution in [2.45, 2.75) is 13.8 Å². The highest BCUT2D eigenvalue weighted by molar-refractivity contribution is 6.10. The van der Waals surface area contributed by atoms with Crippen molar-refractivity contribution >= 4 is 12.1 Å². The summed E-state index contributed by atoms with van der Waals surface area (Å²) in [4.78, 5) is 8.21. The smallest absolute Gasteiger partial charge is 0.158 e. The molecular formula is C10H12N2. The van der Waals surface area contributed by atoms with Crippen molar-refractivity contribution in [3.8, 4) is 0 Å². The predicted octanol–water partition coefficient (Wildman–Crippen LogP) is 2.51. The minimum absolute atomic E-state index is 0.734. The van der Waals surface area contributed by atoms with Crippen LogP contribution in [0.4, 0.5) is 0 Å². The Morgan fingerprint density at radius 1 is 1.58 bits per heavy atom. The van der Waals surface area contributed by atoms with Crippen LogP contribution in [-0.2, 0) is 0 Å². The van der Waals surface area contributed by atoms with Crippen molar-refractivity contribution in [3.63, 3.8) is 0 Å². The second-order valence-electron chi connectivity index (χ2n) is 2.53. The molecule has 0 radical (unpaired) electrons. The Kier molecular flexibility index (Phi) is 2.75. The highest BCUT2D eigenvalue weighted by Crippen LogP contribution is 2.10. The van der Waals surface area contributed by atoms with Gasteiger partial charge >= 0.3 is 0 Å². The molecule has 1 rings (SSSR count). The highest BCUT2D eigenvalue weighted by atomic mass is 14.9. The molecule has 1 heterocycles. The number of hydrogen-bond donors (Lipinski definition) is 0. The number of amidine groups is 1. The molecule has 1 aliphatic rings. The minimum atomic E-state index is 0.734. The predicted molar refractivity (Wildman–Crippen MR) is 53.6 cm³/mol. The molecular weight excluding hydrogens is 148 g/mol. The Bertz CT molecular complexity index is 304. The van der Waals surface area contributed by atoms with E-state index in [1.807, 2.05) is 19.9 Å². The van der Waals surface area contributed by atoms with Gasteiger partial charge in [0.2, 0.25) is 0 Å². The topological polar surface area (TPSA) is 24.7 Å². The molecule has 0 aliphatic carbocycles. The van der Waals surface area contributed by atoms with Crippen LogP contribution < -0.4 is 0 Å². The molecule has 2 heteroatoms. The van der Waals surface area contributed by atoms with Gasteiger partial charge in [0, 0.05) is 18.0 Å². The van der Waals surface area contributed by atoms with E-state index in [9.17, 15) is 0 Å². The van der Waals surface area contributed by atoms with E-state index in [1.54, 1.807) is 6.21 Å². The van der Waals surface area contributed by atoms with Crippen molar-refractivity contribution in [2.24, 2.45) is 9.98 Å². The van der Waals surface area contributed by atoms with Crippen molar-refractivity contribution in [1.82, 2.24) is 0 Å². The zero-order valence-corrected chi connectivity index (χ0v) is 7.41. The van der Waals surface area contributed by atoms with Crippen LogP contribution in [0.5, 0.6) is 0 Å². The number of nitrogens with zero attached hydrogens (tertiary/aromatic N) is 2. The van der Waals surface area contributed by atoms with E-state index in [0.717, 1.165) is 17.0 Å². The molecule has 0 unspecified atom stereocenters. The molecule has 0 N–H and O–H groups in total. The Balaban J connectivity index is 3.03. The largest absolute Gasteiger partial charge is 0.237 e. The summed E-state index contributed by atoms with van der Waals surface area (Å²) in [5.74, 6) is 0.734. The van der Waals surface area contributed by atoms with Gasteiger partial charge in [0.1, 0.15) is 0 Å². The molecule has 0 fully saturated rings. The molecule has 0 amide bonds. The fourth-order valence-corrected chi connectivity index (χ4v) is 0.991. The standard InChI is InChI=1S/C10H12N2/c1-4-9-6-8(3)7-12-10(9)11-5-2/h4-7H,2H2,1,3H3/b9-4-,11-10?. The molecule has 0 saturated heterocycles. The summed E-state index contributed by atoms with van der Waals surface area (Å²) in [6, 6.07) is 0.